The largest absolute Gasteiger partial charge is 0.370 e. The van der Waals surface area contributed by atoms with Gasteiger partial charge in [-0.1, -0.05) is 19.8 Å². The van der Waals surface area contributed by atoms with Gasteiger partial charge in [0.25, 0.3) is 0 Å². The fourth-order valence-electron chi connectivity index (χ4n) is 2.98. The molecule has 0 bridgehead atoms. The SMILES string of the molecule is CCCC1CCCN(c2cnccc2CN)CC1. The highest BCUT2D eigenvalue weighted by atomic mass is 15.1. The standard InChI is InChI=1S/C15H25N3/c1-2-4-13-5-3-9-18(10-7-13)15-12-17-8-6-14(15)11-16/h6,8,12-13H,2-5,7,9-11,16H2,1H3. The highest BCUT2D eigenvalue weighted by Crippen LogP contribution is 2.26. The van der Waals surface area contributed by atoms with Crippen molar-refractivity contribution < 1.29 is 0 Å². The van der Waals surface area contributed by atoms with Gasteiger partial charge in [0.05, 0.1) is 11.9 Å². The molecule has 1 saturated heterocycles. The van der Waals surface area contributed by atoms with Crippen LogP contribution in [0.1, 0.15) is 44.6 Å². The second kappa shape index (κ2) is 6.74. The predicted molar refractivity (Wildman–Crippen MR) is 76.6 cm³/mol. The van der Waals surface area contributed by atoms with Crippen LogP contribution in [0.15, 0.2) is 18.5 Å². The maximum Gasteiger partial charge on any atom is 0.0598 e. The van der Waals surface area contributed by atoms with Gasteiger partial charge in [0.15, 0.2) is 0 Å². The average Bonchev–Trinajstić information content (AvgIpc) is 2.65. The van der Waals surface area contributed by atoms with E-state index in [4.69, 9.17) is 5.73 Å². The summed E-state index contributed by atoms with van der Waals surface area (Å²) in [6.07, 6.45) is 10.5. The molecule has 1 atom stereocenters. The topological polar surface area (TPSA) is 42.2 Å². The number of pyridine rings is 1. The van der Waals surface area contributed by atoms with Crippen molar-refractivity contribution in [2.75, 3.05) is 18.0 Å². The molecule has 3 nitrogen and oxygen atoms in total. The van der Waals surface area contributed by atoms with Gasteiger partial charge in [-0.15, -0.1) is 0 Å². The van der Waals surface area contributed by atoms with E-state index >= 15 is 0 Å². The first kappa shape index (κ1) is 13.3. The van der Waals surface area contributed by atoms with Crippen molar-refractivity contribution in [3.63, 3.8) is 0 Å². The average molecular weight is 247 g/mol. The molecule has 3 heteroatoms. The monoisotopic (exact) mass is 247 g/mol. The van der Waals surface area contributed by atoms with Crippen molar-refractivity contribution in [1.29, 1.82) is 0 Å². The molecule has 0 aromatic carbocycles. The Hall–Kier alpha value is -1.09. The fraction of sp³-hybridized carbons (Fsp3) is 0.667. The quantitative estimate of drug-likeness (QED) is 0.889. The number of nitrogens with two attached hydrogens (primary N) is 1. The molecule has 0 amide bonds. The number of hydrogen-bond acceptors (Lipinski definition) is 3. The Balaban J connectivity index is 2.05. The maximum atomic E-state index is 5.82. The van der Waals surface area contributed by atoms with E-state index in [1.807, 2.05) is 18.5 Å². The minimum Gasteiger partial charge on any atom is -0.370 e. The van der Waals surface area contributed by atoms with Crippen LogP contribution < -0.4 is 10.6 Å². The number of aromatic nitrogens is 1. The van der Waals surface area contributed by atoms with Crippen LogP contribution in [0.2, 0.25) is 0 Å². The molecule has 1 aromatic rings. The van der Waals surface area contributed by atoms with Crippen LogP contribution in [0, 0.1) is 5.92 Å². The fourth-order valence-corrected chi connectivity index (χ4v) is 2.98. The van der Waals surface area contributed by atoms with Crippen molar-refractivity contribution >= 4 is 5.69 Å². The van der Waals surface area contributed by atoms with E-state index in [0.29, 0.717) is 6.54 Å². The first-order valence-electron chi connectivity index (χ1n) is 7.23. The summed E-state index contributed by atoms with van der Waals surface area (Å²) in [7, 11) is 0. The van der Waals surface area contributed by atoms with Crippen LogP contribution in [0.5, 0.6) is 0 Å². The van der Waals surface area contributed by atoms with E-state index in [2.05, 4.69) is 16.8 Å². The molecule has 100 valence electrons. The lowest BCUT2D eigenvalue weighted by Gasteiger charge is -2.24. The van der Waals surface area contributed by atoms with Gasteiger partial charge in [-0.3, -0.25) is 4.98 Å². The molecule has 1 aliphatic rings. The zero-order valence-electron chi connectivity index (χ0n) is 11.4. The van der Waals surface area contributed by atoms with E-state index in [0.717, 1.165) is 19.0 Å². The third kappa shape index (κ3) is 3.22. The molecule has 1 fully saturated rings. The van der Waals surface area contributed by atoms with Crippen molar-refractivity contribution in [2.24, 2.45) is 11.7 Å². The van der Waals surface area contributed by atoms with E-state index in [9.17, 15) is 0 Å². The minimum atomic E-state index is 0.604. The third-order valence-corrected chi connectivity index (χ3v) is 3.99. The van der Waals surface area contributed by atoms with Crippen molar-refractivity contribution in [2.45, 2.75) is 45.6 Å². The number of anilines is 1. The first-order chi connectivity index (χ1) is 8.85. The smallest absolute Gasteiger partial charge is 0.0598 e. The Morgan fingerprint density at radius 3 is 3.06 bits per heavy atom. The Bertz CT molecular complexity index is 365. The number of hydrogen-bond donors (Lipinski definition) is 1. The molecule has 1 unspecified atom stereocenters. The molecule has 2 heterocycles. The highest BCUT2D eigenvalue weighted by Gasteiger charge is 2.18. The summed E-state index contributed by atoms with van der Waals surface area (Å²) < 4.78 is 0. The second-order valence-electron chi connectivity index (χ2n) is 5.28. The van der Waals surface area contributed by atoms with Gasteiger partial charge in [-0.05, 0) is 36.8 Å². The summed E-state index contributed by atoms with van der Waals surface area (Å²) in [5.41, 5.74) is 8.29. The van der Waals surface area contributed by atoms with E-state index in [-0.39, 0.29) is 0 Å². The summed E-state index contributed by atoms with van der Waals surface area (Å²) in [5.74, 6) is 0.915. The Labute approximate surface area is 110 Å². The Kier molecular flexibility index (Phi) is 5.00. The molecule has 1 aliphatic heterocycles. The van der Waals surface area contributed by atoms with Crippen molar-refractivity contribution in [3.8, 4) is 0 Å². The molecular formula is C15H25N3. The van der Waals surface area contributed by atoms with Crippen LogP contribution >= 0.6 is 0 Å². The molecule has 2 rings (SSSR count). The van der Waals surface area contributed by atoms with Crippen LogP contribution in [0.4, 0.5) is 5.69 Å². The molecule has 18 heavy (non-hydrogen) atoms. The lowest BCUT2D eigenvalue weighted by molar-refractivity contribution is 0.435. The number of rotatable bonds is 4. The van der Waals surface area contributed by atoms with E-state index < -0.39 is 0 Å². The normalized spacial score (nSPS) is 20.8. The summed E-state index contributed by atoms with van der Waals surface area (Å²) in [5, 5.41) is 0. The first-order valence-corrected chi connectivity index (χ1v) is 7.23. The van der Waals surface area contributed by atoms with Crippen LogP contribution in [0.3, 0.4) is 0 Å². The molecule has 1 aromatic heterocycles. The molecule has 0 saturated carbocycles. The van der Waals surface area contributed by atoms with Gasteiger partial charge in [-0.25, -0.2) is 0 Å². The van der Waals surface area contributed by atoms with Gasteiger partial charge >= 0.3 is 0 Å². The summed E-state index contributed by atoms with van der Waals surface area (Å²) in [6.45, 7) is 5.20. The van der Waals surface area contributed by atoms with Gasteiger partial charge in [0.1, 0.15) is 0 Å². The van der Waals surface area contributed by atoms with Gasteiger partial charge < -0.3 is 10.6 Å². The summed E-state index contributed by atoms with van der Waals surface area (Å²) in [6, 6.07) is 2.05. The van der Waals surface area contributed by atoms with Gasteiger partial charge in [-0.2, -0.15) is 0 Å². The third-order valence-electron chi connectivity index (χ3n) is 3.99. The number of nitrogens with zero attached hydrogens (tertiary/aromatic N) is 2. The minimum absolute atomic E-state index is 0.604. The van der Waals surface area contributed by atoms with Crippen LogP contribution in [-0.4, -0.2) is 18.1 Å². The van der Waals surface area contributed by atoms with Crippen LogP contribution in [0.25, 0.3) is 0 Å². The molecule has 0 aliphatic carbocycles. The lowest BCUT2D eigenvalue weighted by atomic mass is 9.96. The second-order valence-corrected chi connectivity index (χ2v) is 5.28. The van der Waals surface area contributed by atoms with Gasteiger partial charge in [0, 0.05) is 25.8 Å². The molecular weight excluding hydrogens is 222 g/mol. The zero-order valence-corrected chi connectivity index (χ0v) is 11.4. The zero-order chi connectivity index (χ0) is 12.8. The molecule has 0 radical (unpaired) electrons. The molecule has 0 spiro atoms. The highest BCUT2D eigenvalue weighted by molar-refractivity contribution is 5.51. The lowest BCUT2D eigenvalue weighted by Crippen LogP contribution is -2.26. The van der Waals surface area contributed by atoms with Crippen LogP contribution in [-0.2, 0) is 6.54 Å². The summed E-state index contributed by atoms with van der Waals surface area (Å²) in [4.78, 5) is 6.73. The van der Waals surface area contributed by atoms with Crippen molar-refractivity contribution in [3.05, 3.63) is 24.0 Å². The maximum absolute atomic E-state index is 5.82. The van der Waals surface area contributed by atoms with E-state index in [1.165, 1.54) is 43.4 Å². The summed E-state index contributed by atoms with van der Waals surface area (Å²) >= 11 is 0. The predicted octanol–water partition coefficient (Wildman–Crippen LogP) is 2.95. The Morgan fingerprint density at radius 1 is 1.39 bits per heavy atom. The molecule has 2 N–H and O–H groups in total. The van der Waals surface area contributed by atoms with Gasteiger partial charge in [0.2, 0.25) is 0 Å². The van der Waals surface area contributed by atoms with Crippen molar-refractivity contribution in [1.82, 2.24) is 4.98 Å². The van der Waals surface area contributed by atoms with E-state index in [1.54, 1.807) is 0 Å². The Morgan fingerprint density at radius 2 is 2.28 bits per heavy atom.